The lowest BCUT2D eigenvalue weighted by Crippen LogP contribution is -2.35. The van der Waals surface area contributed by atoms with Crippen molar-refractivity contribution in [3.63, 3.8) is 0 Å². The first kappa shape index (κ1) is 12.2. The summed E-state index contributed by atoms with van der Waals surface area (Å²) in [6.07, 6.45) is 2.16. The molecule has 4 heteroatoms. The van der Waals surface area contributed by atoms with Gasteiger partial charge in [-0.1, -0.05) is 11.6 Å². The number of aliphatic hydroxyl groups is 1. The Morgan fingerprint density at radius 3 is 2.88 bits per heavy atom. The van der Waals surface area contributed by atoms with Crippen molar-refractivity contribution < 1.29 is 5.11 Å². The second kappa shape index (κ2) is 4.56. The minimum atomic E-state index is -0.713. The molecule has 1 aromatic carbocycles. The Balaban J connectivity index is 2.08. The van der Waals surface area contributed by atoms with Crippen molar-refractivity contribution in [2.75, 3.05) is 11.9 Å². The molecular weight excluding hydrogens is 236 g/mol. The number of rotatable bonds is 4. The van der Waals surface area contributed by atoms with Crippen LogP contribution in [0.25, 0.3) is 0 Å². The average molecular weight is 251 g/mol. The molecule has 1 saturated carbocycles. The number of benzene rings is 1. The van der Waals surface area contributed by atoms with E-state index in [9.17, 15) is 5.11 Å². The zero-order valence-corrected chi connectivity index (χ0v) is 10.5. The third-order valence-electron chi connectivity index (χ3n) is 3.20. The van der Waals surface area contributed by atoms with Crippen LogP contribution in [0.1, 0.15) is 25.3 Å². The van der Waals surface area contributed by atoms with E-state index in [1.807, 2.05) is 6.92 Å². The van der Waals surface area contributed by atoms with Crippen molar-refractivity contribution in [2.24, 2.45) is 5.92 Å². The highest BCUT2D eigenvalue weighted by Crippen LogP contribution is 2.39. The summed E-state index contributed by atoms with van der Waals surface area (Å²) in [4.78, 5) is 0. The fourth-order valence-electron chi connectivity index (χ4n) is 1.88. The molecule has 0 amide bonds. The van der Waals surface area contributed by atoms with E-state index in [-0.39, 0.29) is 0 Å². The molecule has 17 heavy (non-hydrogen) atoms. The molecule has 1 unspecified atom stereocenters. The Hall–Kier alpha value is -1.24. The summed E-state index contributed by atoms with van der Waals surface area (Å²) in [5, 5.41) is 22.8. The van der Waals surface area contributed by atoms with Crippen LogP contribution in [0.15, 0.2) is 18.2 Å². The Bertz CT molecular complexity index is 461. The van der Waals surface area contributed by atoms with Gasteiger partial charge in [-0.2, -0.15) is 5.26 Å². The molecule has 3 nitrogen and oxygen atoms in total. The first-order valence-corrected chi connectivity index (χ1v) is 6.06. The number of halogens is 1. The van der Waals surface area contributed by atoms with Crippen LogP contribution in [0, 0.1) is 17.2 Å². The Kier molecular flexibility index (Phi) is 3.28. The van der Waals surface area contributed by atoms with Crippen molar-refractivity contribution in [3.8, 4) is 6.07 Å². The second-order valence-corrected chi connectivity index (χ2v) is 5.22. The van der Waals surface area contributed by atoms with Crippen LogP contribution in [0.4, 0.5) is 5.69 Å². The minimum Gasteiger partial charge on any atom is -0.388 e. The average Bonchev–Trinajstić information content (AvgIpc) is 3.11. The molecule has 0 aromatic heterocycles. The van der Waals surface area contributed by atoms with E-state index < -0.39 is 5.60 Å². The fraction of sp³-hybridized carbons (Fsp3) is 0.462. The molecule has 2 N–H and O–H groups in total. The third kappa shape index (κ3) is 2.91. The molecule has 2 rings (SSSR count). The van der Waals surface area contributed by atoms with E-state index in [0.29, 0.717) is 28.7 Å². The van der Waals surface area contributed by atoms with Crippen LogP contribution in [-0.4, -0.2) is 17.3 Å². The van der Waals surface area contributed by atoms with Crippen molar-refractivity contribution in [1.82, 2.24) is 0 Å². The summed E-state index contributed by atoms with van der Waals surface area (Å²) in [6.45, 7) is 2.26. The van der Waals surface area contributed by atoms with Crippen LogP contribution in [0.2, 0.25) is 5.02 Å². The Labute approximate surface area is 106 Å². The molecular formula is C13H15ClN2O. The van der Waals surface area contributed by atoms with Gasteiger partial charge in [-0.3, -0.25) is 0 Å². The van der Waals surface area contributed by atoms with Gasteiger partial charge in [0, 0.05) is 11.6 Å². The molecule has 90 valence electrons. The van der Waals surface area contributed by atoms with Crippen LogP contribution in [-0.2, 0) is 0 Å². The van der Waals surface area contributed by atoms with Crippen molar-refractivity contribution in [3.05, 3.63) is 28.8 Å². The van der Waals surface area contributed by atoms with Crippen LogP contribution in [0.5, 0.6) is 0 Å². The number of nitrogens with one attached hydrogen (secondary N) is 1. The van der Waals surface area contributed by atoms with Crippen LogP contribution >= 0.6 is 11.6 Å². The summed E-state index contributed by atoms with van der Waals surface area (Å²) < 4.78 is 0. The number of anilines is 1. The topological polar surface area (TPSA) is 56.0 Å². The van der Waals surface area contributed by atoms with E-state index in [2.05, 4.69) is 11.4 Å². The molecule has 0 saturated heterocycles. The predicted molar refractivity (Wildman–Crippen MR) is 68.0 cm³/mol. The normalized spacial score (nSPS) is 18.2. The molecule has 0 heterocycles. The zero-order chi connectivity index (χ0) is 12.5. The highest BCUT2D eigenvalue weighted by molar-refractivity contribution is 6.30. The van der Waals surface area contributed by atoms with Gasteiger partial charge in [0.1, 0.15) is 6.07 Å². The standard InChI is InChI=1S/C13H15ClN2O/c1-13(17,10-3-4-10)8-16-12-6-11(14)5-2-9(12)7-15/h2,5-6,10,16-17H,3-4,8H2,1H3. The van der Waals surface area contributed by atoms with E-state index >= 15 is 0 Å². The second-order valence-electron chi connectivity index (χ2n) is 4.79. The van der Waals surface area contributed by atoms with Gasteiger partial charge in [-0.25, -0.2) is 0 Å². The lowest BCUT2D eigenvalue weighted by molar-refractivity contribution is 0.0503. The monoisotopic (exact) mass is 250 g/mol. The molecule has 0 radical (unpaired) electrons. The smallest absolute Gasteiger partial charge is 0.101 e. The number of hydrogen-bond acceptors (Lipinski definition) is 3. The largest absolute Gasteiger partial charge is 0.388 e. The summed E-state index contributed by atoms with van der Waals surface area (Å²) >= 11 is 5.89. The molecule has 1 fully saturated rings. The summed E-state index contributed by atoms with van der Waals surface area (Å²) in [5.74, 6) is 0.375. The van der Waals surface area contributed by atoms with Crippen molar-refractivity contribution in [2.45, 2.75) is 25.4 Å². The van der Waals surface area contributed by atoms with Crippen molar-refractivity contribution >= 4 is 17.3 Å². The SMILES string of the molecule is CC(O)(CNc1cc(Cl)ccc1C#N)C1CC1. The maximum absolute atomic E-state index is 10.2. The van der Waals surface area contributed by atoms with Crippen molar-refractivity contribution in [1.29, 1.82) is 5.26 Å². The van der Waals surface area contributed by atoms with Crippen LogP contribution in [0.3, 0.4) is 0 Å². The lowest BCUT2D eigenvalue weighted by atomic mass is 10.0. The fourth-order valence-corrected chi connectivity index (χ4v) is 2.06. The lowest BCUT2D eigenvalue weighted by Gasteiger charge is -2.24. The Morgan fingerprint density at radius 1 is 1.59 bits per heavy atom. The van der Waals surface area contributed by atoms with E-state index in [4.69, 9.17) is 16.9 Å². The number of hydrogen-bond donors (Lipinski definition) is 2. The minimum absolute atomic E-state index is 0.375. The quantitative estimate of drug-likeness (QED) is 0.864. The van der Waals surface area contributed by atoms with Gasteiger partial charge < -0.3 is 10.4 Å². The molecule has 0 bridgehead atoms. The summed E-state index contributed by atoms with van der Waals surface area (Å²) in [7, 11) is 0. The van der Waals surface area contributed by atoms with Gasteiger partial charge >= 0.3 is 0 Å². The van der Waals surface area contributed by atoms with Gasteiger partial charge in [0.2, 0.25) is 0 Å². The first-order valence-electron chi connectivity index (χ1n) is 5.69. The number of nitriles is 1. The maximum atomic E-state index is 10.2. The predicted octanol–water partition coefficient (Wildman–Crippen LogP) is 2.78. The highest BCUT2D eigenvalue weighted by atomic mass is 35.5. The first-order chi connectivity index (χ1) is 8.03. The number of nitrogens with zero attached hydrogens (tertiary/aromatic N) is 1. The maximum Gasteiger partial charge on any atom is 0.101 e. The molecule has 1 atom stereocenters. The molecule has 1 aliphatic rings. The molecule has 0 spiro atoms. The van der Waals surface area contributed by atoms with Gasteiger partial charge in [-0.15, -0.1) is 0 Å². The van der Waals surface area contributed by atoms with E-state index in [1.54, 1.807) is 18.2 Å². The molecule has 1 aliphatic carbocycles. The van der Waals surface area contributed by atoms with E-state index in [0.717, 1.165) is 12.8 Å². The van der Waals surface area contributed by atoms with Gasteiger partial charge in [0.15, 0.2) is 0 Å². The summed E-state index contributed by atoms with van der Waals surface area (Å²) in [5.41, 5.74) is 0.511. The third-order valence-corrected chi connectivity index (χ3v) is 3.43. The van der Waals surface area contributed by atoms with Crippen LogP contribution < -0.4 is 5.32 Å². The molecule has 1 aromatic rings. The van der Waals surface area contributed by atoms with Gasteiger partial charge in [0.25, 0.3) is 0 Å². The summed E-state index contributed by atoms with van der Waals surface area (Å²) in [6, 6.07) is 7.17. The molecule has 0 aliphatic heterocycles. The van der Waals surface area contributed by atoms with Gasteiger partial charge in [0.05, 0.1) is 16.9 Å². The highest BCUT2D eigenvalue weighted by Gasteiger charge is 2.39. The Morgan fingerprint density at radius 2 is 2.29 bits per heavy atom. The zero-order valence-electron chi connectivity index (χ0n) is 9.70. The van der Waals surface area contributed by atoms with Gasteiger partial charge in [-0.05, 0) is 43.9 Å². The van der Waals surface area contributed by atoms with E-state index in [1.165, 1.54) is 0 Å².